The molecule has 1 aromatic rings. The molecule has 1 saturated carbocycles. The van der Waals surface area contributed by atoms with Crippen molar-refractivity contribution in [3.8, 4) is 0 Å². The van der Waals surface area contributed by atoms with Crippen molar-refractivity contribution in [2.75, 3.05) is 19.6 Å². The number of piperidine rings is 1. The van der Waals surface area contributed by atoms with Crippen molar-refractivity contribution in [1.82, 2.24) is 9.80 Å². The lowest BCUT2D eigenvalue weighted by Crippen LogP contribution is -2.48. The van der Waals surface area contributed by atoms with Crippen LogP contribution in [0.4, 0.5) is 8.78 Å². The highest BCUT2D eigenvalue weighted by atomic mass is 19.1. The number of benzene rings is 1. The molecule has 0 N–H and O–H groups in total. The van der Waals surface area contributed by atoms with Crippen molar-refractivity contribution in [2.45, 2.75) is 44.6 Å². The summed E-state index contributed by atoms with van der Waals surface area (Å²) in [5, 5.41) is 0. The van der Waals surface area contributed by atoms with Gasteiger partial charge in [-0.25, -0.2) is 8.78 Å². The summed E-state index contributed by atoms with van der Waals surface area (Å²) in [6, 6.07) is 3.34. The van der Waals surface area contributed by atoms with Crippen molar-refractivity contribution in [3.05, 3.63) is 35.4 Å². The lowest BCUT2D eigenvalue weighted by atomic mass is 9.84. The van der Waals surface area contributed by atoms with E-state index in [2.05, 4.69) is 0 Å². The first-order valence-electron chi connectivity index (χ1n) is 9.53. The van der Waals surface area contributed by atoms with E-state index in [0.717, 1.165) is 44.7 Å². The number of nitrogens with zero attached hydrogens (tertiary/aromatic N) is 2. The van der Waals surface area contributed by atoms with Gasteiger partial charge in [0.2, 0.25) is 11.8 Å². The zero-order valence-electron chi connectivity index (χ0n) is 14.8. The van der Waals surface area contributed by atoms with E-state index >= 15 is 0 Å². The molecule has 2 amide bonds. The van der Waals surface area contributed by atoms with Crippen molar-refractivity contribution >= 4 is 11.8 Å². The Balaban J connectivity index is 1.45. The molecule has 5 rings (SSSR count). The molecule has 4 fully saturated rings. The first-order valence-corrected chi connectivity index (χ1v) is 9.53. The molecule has 0 aromatic heterocycles. The Labute approximate surface area is 152 Å². The monoisotopic (exact) mass is 362 g/mol. The first-order chi connectivity index (χ1) is 12.5. The fourth-order valence-electron chi connectivity index (χ4n) is 4.41. The van der Waals surface area contributed by atoms with E-state index in [0.29, 0.717) is 19.0 Å². The minimum absolute atomic E-state index is 0.00814. The minimum atomic E-state index is -0.680. The van der Waals surface area contributed by atoms with Gasteiger partial charge in [-0.3, -0.25) is 9.59 Å². The van der Waals surface area contributed by atoms with Gasteiger partial charge in [-0.2, -0.15) is 0 Å². The summed E-state index contributed by atoms with van der Waals surface area (Å²) in [5.41, 5.74) is 0.221. The summed E-state index contributed by atoms with van der Waals surface area (Å²) in [6.07, 6.45) is 4.94. The maximum Gasteiger partial charge on any atom is 0.227 e. The van der Waals surface area contributed by atoms with Crippen LogP contribution >= 0.6 is 0 Å². The van der Waals surface area contributed by atoms with Gasteiger partial charge >= 0.3 is 0 Å². The molecule has 0 unspecified atom stereocenters. The summed E-state index contributed by atoms with van der Waals surface area (Å²) in [6.45, 7) is 1.94. The largest absolute Gasteiger partial charge is 0.340 e. The van der Waals surface area contributed by atoms with E-state index in [4.69, 9.17) is 0 Å². The van der Waals surface area contributed by atoms with Gasteiger partial charge in [0.25, 0.3) is 0 Å². The van der Waals surface area contributed by atoms with Gasteiger partial charge in [-0.05, 0) is 43.2 Å². The molecule has 140 valence electrons. The normalized spacial score (nSPS) is 25.8. The maximum absolute atomic E-state index is 13.9. The van der Waals surface area contributed by atoms with Crippen LogP contribution in [0, 0.1) is 23.5 Å². The molecule has 0 spiro atoms. The van der Waals surface area contributed by atoms with Gasteiger partial charge in [0.05, 0.1) is 6.42 Å². The van der Waals surface area contributed by atoms with Crippen molar-refractivity contribution in [2.24, 2.45) is 11.8 Å². The lowest BCUT2D eigenvalue weighted by Gasteiger charge is -2.36. The molecule has 1 aliphatic carbocycles. The fourth-order valence-corrected chi connectivity index (χ4v) is 4.41. The second-order valence-corrected chi connectivity index (χ2v) is 7.93. The summed E-state index contributed by atoms with van der Waals surface area (Å²) in [4.78, 5) is 29.2. The van der Waals surface area contributed by atoms with Crippen molar-refractivity contribution in [3.63, 3.8) is 0 Å². The average Bonchev–Trinajstić information content (AvgIpc) is 2.87. The Morgan fingerprint density at radius 3 is 2.54 bits per heavy atom. The van der Waals surface area contributed by atoms with E-state index in [1.54, 1.807) is 0 Å². The molecule has 3 heterocycles. The highest BCUT2D eigenvalue weighted by Gasteiger charge is 2.40. The van der Waals surface area contributed by atoms with E-state index in [-0.39, 0.29) is 35.8 Å². The molecule has 6 heteroatoms. The molecule has 26 heavy (non-hydrogen) atoms. The average molecular weight is 362 g/mol. The van der Waals surface area contributed by atoms with Crippen LogP contribution in [-0.4, -0.2) is 47.3 Å². The molecular weight excluding hydrogens is 338 g/mol. The summed E-state index contributed by atoms with van der Waals surface area (Å²) in [5.74, 6) is -0.752. The van der Waals surface area contributed by atoms with Crippen molar-refractivity contribution in [1.29, 1.82) is 0 Å². The van der Waals surface area contributed by atoms with Crippen LogP contribution in [0.2, 0.25) is 0 Å². The van der Waals surface area contributed by atoms with E-state index in [9.17, 15) is 18.4 Å². The predicted molar refractivity (Wildman–Crippen MR) is 92.2 cm³/mol. The predicted octanol–water partition coefficient (Wildman–Crippen LogP) is 2.76. The number of amides is 2. The quantitative estimate of drug-likeness (QED) is 0.830. The van der Waals surface area contributed by atoms with Crippen molar-refractivity contribution < 1.29 is 18.4 Å². The number of hydrogen-bond acceptors (Lipinski definition) is 2. The van der Waals surface area contributed by atoms with Gasteiger partial charge in [0.1, 0.15) is 11.6 Å². The molecule has 4 aliphatic rings. The standard InChI is InChI=1S/C20H24F2N2O2/c21-16-6-5-15(18(22)9-16)8-19(25)24-11-13-4-7-17(24)12-23(10-13)20(26)14-2-1-3-14/h5-6,9,13-14,17H,1-4,7-8,10-12H2/t13-,17+/m0/s1. The van der Waals surface area contributed by atoms with Gasteiger partial charge < -0.3 is 9.80 Å². The Morgan fingerprint density at radius 2 is 1.85 bits per heavy atom. The molecule has 4 nitrogen and oxygen atoms in total. The van der Waals surface area contributed by atoms with E-state index in [1.165, 1.54) is 12.1 Å². The second-order valence-electron chi connectivity index (χ2n) is 7.93. The molecular formula is C20H24F2N2O2. The van der Waals surface area contributed by atoms with Gasteiger partial charge in [-0.1, -0.05) is 12.5 Å². The molecule has 3 aliphatic heterocycles. The van der Waals surface area contributed by atoms with Gasteiger partial charge in [0.15, 0.2) is 0 Å². The highest BCUT2D eigenvalue weighted by Crippen LogP contribution is 2.33. The molecule has 2 bridgehead atoms. The molecule has 2 atom stereocenters. The van der Waals surface area contributed by atoms with E-state index in [1.807, 2.05) is 9.80 Å². The number of carbonyl (C=O) groups is 2. The topological polar surface area (TPSA) is 40.6 Å². The van der Waals surface area contributed by atoms with Crippen LogP contribution < -0.4 is 0 Å². The second kappa shape index (κ2) is 6.97. The van der Waals surface area contributed by atoms with Crippen LogP contribution in [0.1, 0.15) is 37.7 Å². The van der Waals surface area contributed by atoms with Crippen LogP contribution in [0.25, 0.3) is 0 Å². The smallest absolute Gasteiger partial charge is 0.227 e. The Hall–Kier alpha value is -1.98. The zero-order valence-corrected chi connectivity index (χ0v) is 14.8. The minimum Gasteiger partial charge on any atom is -0.340 e. The third kappa shape index (κ3) is 3.33. The maximum atomic E-state index is 13.9. The Morgan fingerprint density at radius 1 is 1.04 bits per heavy atom. The highest BCUT2D eigenvalue weighted by molar-refractivity contribution is 5.81. The van der Waals surface area contributed by atoms with Gasteiger partial charge in [-0.15, -0.1) is 0 Å². The number of carbonyl (C=O) groups excluding carboxylic acids is 2. The van der Waals surface area contributed by atoms with Crippen LogP contribution in [-0.2, 0) is 16.0 Å². The van der Waals surface area contributed by atoms with Gasteiger partial charge in [0, 0.05) is 37.7 Å². The van der Waals surface area contributed by atoms with Crippen LogP contribution in [0.5, 0.6) is 0 Å². The number of halogens is 2. The zero-order chi connectivity index (χ0) is 18.3. The molecule has 0 radical (unpaired) electrons. The first kappa shape index (κ1) is 17.4. The lowest BCUT2D eigenvalue weighted by molar-refractivity contribution is -0.139. The Bertz CT molecular complexity index is 720. The van der Waals surface area contributed by atoms with E-state index < -0.39 is 11.6 Å². The SMILES string of the molecule is O=C(C1CCC1)N1C[C@@H]2CC[C@H](C1)N(C(=O)Cc1ccc(F)cc1F)C2. The summed E-state index contributed by atoms with van der Waals surface area (Å²) in [7, 11) is 0. The summed E-state index contributed by atoms with van der Waals surface area (Å²) < 4.78 is 26.9. The Kier molecular flexibility index (Phi) is 4.67. The molecule has 3 saturated heterocycles. The van der Waals surface area contributed by atoms with Crippen LogP contribution in [0.3, 0.4) is 0 Å². The number of fused-ring (bicyclic) bond motifs is 4. The third-order valence-electron chi connectivity index (χ3n) is 6.16. The number of rotatable bonds is 3. The molecule has 1 aromatic carbocycles. The third-order valence-corrected chi connectivity index (χ3v) is 6.16. The fraction of sp³-hybridized carbons (Fsp3) is 0.600. The number of hydrogen-bond donors (Lipinski definition) is 0. The summed E-state index contributed by atoms with van der Waals surface area (Å²) >= 11 is 0. The van der Waals surface area contributed by atoms with Crippen LogP contribution in [0.15, 0.2) is 18.2 Å².